The molecule has 0 heterocycles. The second-order valence-electron chi connectivity index (χ2n) is 14.8. The van der Waals surface area contributed by atoms with Gasteiger partial charge >= 0.3 is 0 Å². The molecule has 2 saturated carbocycles. The predicted molar refractivity (Wildman–Crippen MR) is 198 cm³/mol. The predicted octanol–water partition coefficient (Wildman–Crippen LogP) is 11.4. The van der Waals surface area contributed by atoms with Crippen molar-refractivity contribution in [3.8, 4) is 12.3 Å². The van der Waals surface area contributed by atoms with Crippen LogP contribution < -0.4 is 0 Å². The lowest BCUT2D eigenvalue weighted by Gasteiger charge is -2.34. The first-order valence-corrected chi connectivity index (χ1v) is 18.2. The van der Waals surface area contributed by atoms with Crippen LogP contribution in [0.3, 0.4) is 0 Å². The molecule has 6 rings (SSSR count). The monoisotopic (exact) mass is 620 g/mol. The van der Waals surface area contributed by atoms with Gasteiger partial charge < -0.3 is 0 Å². The van der Waals surface area contributed by atoms with Crippen molar-refractivity contribution in [1.29, 1.82) is 0 Å². The first-order valence-electron chi connectivity index (χ1n) is 18.2. The number of hydrogen-bond acceptors (Lipinski definition) is 1. The van der Waals surface area contributed by atoms with E-state index in [1.807, 2.05) is 6.07 Å². The topological polar surface area (TPSA) is 17.1 Å². The maximum Gasteiger partial charge on any atom is 0.140 e. The molecular formula is C46H52O. The molecule has 3 aromatic rings. The molecule has 3 aliphatic rings. The van der Waals surface area contributed by atoms with Crippen LogP contribution in [-0.4, -0.2) is 5.78 Å². The summed E-state index contributed by atoms with van der Waals surface area (Å²) in [6.07, 6.45) is 24.8. The minimum absolute atomic E-state index is 0.0326. The molecule has 0 saturated heterocycles. The Bertz CT molecular complexity index is 1640. The smallest absolute Gasteiger partial charge is 0.140 e. The van der Waals surface area contributed by atoms with Crippen molar-refractivity contribution in [1.82, 2.24) is 0 Å². The summed E-state index contributed by atoms with van der Waals surface area (Å²) in [6.45, 7) is 8.68. The van der Waals surface area contributed by atoms with E-state index in [1.54, 1.807) is 0 Å². The van der Waals surface area contributed by atoms with Crippen LogP contribution in [-0.2, 0) is 17.6 Å². The van der Waals surface area contributed by atoms with Crippen molar-refractivity contribution in [2.24, 2.45) is 23.7 Å². The Balaban J connectivity index is 1.14. The number of carbonyl (C=O) groups is 1. The lowest BCUT2D eigenvalue weighted by Crippen LogP contribution is -2.27. The summed E-state index contributed by atoms with van der Waals surface area (Å²) in [5, 5.41) is 0. The number of allylic oxidation sites excluding steroid dienone is 5. The Kier molecular flexibility index (Phi) is 10.8. The third kappa shape index (κ3) is 8.16. The number of aryl methyl sites for hydroxylation is 1. The molecule has 3 aromatic carbocycles. The van der Waals surface area contributed by atoms with E-state index in [-0.39, 0.29) is 5.92 Å². The van der Waals surface area contributed by atoms with Crippen LogP contribution in [0, 0.1) is 36.0 Å². The molecule has 4 unspecified atom stereocenters. The molecular weight excluding hydrogens is 569 g/mol. The molecule has 47 heavy (non-hydrogen) atoms. The van der Waals surface area contributed by atoms with Crippen molar-refractivity contribution in [2.75, 3.05) is 0 Å². The zero-order valence-corrected chi connectivity index (χ0v) is 28.6. The minimum Gasteiger partial charge on any atom is -0.299 e. The van der Waals surface area contributed by atoms with Crippen LogP contribution in [0.5, 0.6) is 0 Å². The van der Waals surface area contributed by atoms with E-state index in [9.17, 15) is 4.79 Å². The zero-order chi connectivity index (χ0) is 32.8. The second kappa shape index (κ2) is 15.3. The second-order valence-corrected chi connectivity index (χ2v) is 14.8. The summed E-state index contributed by atoms with van der Waals surface area (Å²) in [6, 6.07) is 26.3. The summed E-state index contributed by atoms with van der Waals surface area (Å²) in [5.41, 5.74) is 10.2. The molecule has 1 heteroatoms. The lowest BCUT2D eigenvalue weighted by molar-refractivity contribution is -0.122. The molecule has 1 nitrogen and oxygen atoms in total. The Morgan fingerprint density at radius 2 is 1.70 bits per heavy atom. The summed E-state index contributed by atoms with van der Waals surface area (Å²) < 4.78 is 0. The van der Waals surface area contributed by atoms with E-state index in [0.717, 1.165) is 31.2 Å². The third-order valence-electron chi connectivity index (χ3n) is 11.4. The molecule has 0 spiro atoms. The van der Waals surface area contributed by atoms with Gasteiger partial charge in [0.25, 0.3) is 0 Å². The van der Waals surface area contributed by atoms with Gasteiger partial charge in [-0.25, -0.2) is 0 Å². The zero-order valence-electron chi connectivity index (χ0n) is 28.6. The van der Waals surface area contributed by atoms with E-state index in [0.29, 0.717) is 41.8 Å². The van der Waals surface area contributed by atoms with Crippen molar-refractivity contribution in [2.45, 2.75) is 96.3 Å². The van der Waals surface area contributed by atoms with E-state index in [1.165, 1.54) is 77.5 Å². The van der Waals surface area contributed by atoms with Gasteiger partial charge in [0.2, 0.25) is 0 Å². The van der Waals surface area contributed by atoms with Gasteiger partial charge in [-0.2, -0.15) is 0 Å². The summed E-state index contributed by atoms with van der Waals surface area (Å²) in [4.78, 5) is 14.0. The normalized spacial score (nSPS) is 24.7. The first kappa shape index (κ1) is 33.0. The number of carbonyl (C=O) groups excluding carboxylic acids is 1. The van der Waals surface area contributed by atoms with Gasteiger partial charge in [0.05, 0.1) is 0 Å². The van der Waals surface area contributed by atoms with Gasteiger partial charge in [0.15, 0.2) is 0 Å². The van der Waals surface area contributed by atoms with Crippen LogP contribution >= 0.6 is 0 Å². The average Bonchev–Trinajstić information content (AvgIpc) is 3.55. The van der Waals surface area contributed by atoms with Gasteiger partial charge in [0, 0.05) is 17.9 Å². The maximum atomic E-state index is 14.0. The number of benzene rings is 3. The Labute approximate surface area is 284 Å². The highest BCUT2D eigenvalue weighted by molar-refractivity contribution is 5.86. The SMILES string of the molecule is C#Cc1ccc(CC2CCC(C(C(=O)CCc3ccccc3)c3ccc(C4=CC(C)C=C4)cc3)CC2)cc1C1CCCC(C(=C)C)C1. The fourth-order valence-corrected chi connectivity index (χ4v) is 8.70. The summed E-state index contributed by atoms with van der Waals surface area (Å²) in [7, 11) is 0. The van der Waals surface area contributed by atoms with E-state index < -0.39 is 0 Å². The van der Waals surface area contributed by atoms with Gasteiger partial charge in [-0.05, 0) is 134 Å². The summed E-state index contributed by atoms with van der Waals surface area (Å²) in [5.74, 6) is 6.03. The molecule has 0 aliphatic heterocycles. The highest BCUT2D eigenvalue weighted by atomic mass is 16.1. The molecule has 0 amide bonds. The van der Waals surface area contributed by atoms with Gasteiger partial charge in [0.1, 0.15) is 5.78 Å². The van der Waals surface area contributed by atoms with Crippen LogP contribution in [0.15, 0.2) is 103 Å². The number of rotatable bonds is 11. The quantitative estimate of drug-likeness (QED) is 0.154. The van der Waals surface area contributed by atoms with Crippen LogP contribution in [0.2, 0.25) is 0 Å². The van der Waals surface area contributed by atoms with E-state index >= 15 is 0 Å². The molecule has 242 valence electrons. The minimum atomic E-state index is -0.0326. The van der Waals surface area contributed by atoms with Gasteiger partial charge in [-0.3, -0.25) is 4.79 Å². The van der Waals surface area contributed by atoms with Crippen LogP contribution in [0.4, 0.5) is 0 Å². The molecule has 0 radical (unpaired) electrons. The standard InChI is InChI=1S/C46H52O/c1-5-37-20-17-36(30-44(37)43-13-9-12-41(31-43)32(2)3)29-35-15-21-39(22-16-35)46(45(47)27-18-34-10-7-6-8-11-34)40-25-23-38(24-26-40)42-19-14-33(4)28-42/h1,6-8,10-11,14,17,19-20,23-26,28,30,33,35,39,41,43,46H,2,9,12-13,15-16,18,21-22,27,29,31H2,3-4H3. The highest BCUT2D eigenvalue weighted by Gasteiger charge is 2.33. The van der Waals surface area contributed by atoms with Gasteiger partial charge in [-0.1, -0.05) is 116 Å². The Morgan fingerprint density at radius 3 is 2.38 bits per heavy atom. The lowest BCUT2D eigenvalue weighted by atomic mass is 9.70. The number of ketones is 1. The van der Waals surface area contributed by atoms with Crippen LogP contribution in [0.25, 0.3) is 5.57 Å². The molecule has 3 aliphatic carbocycles. The maximum absolute atomic E-state index is 14.0. The van der Waals surface area contributed by atoms with Crippen LogP contribution in [0.1, 0.15) is 117 Å². The summed E-state index contributed by atoms with van der Waals surface area (Å²) >= 11 is 0. The first-order chi connectivity index (χ1) is 22.9. The number of terminal acetylenes is 1. The van der Waals surface area contributed by atoms with Gasteiger partial charge in [-0.15, -0.1) is 6.42 Å². The Morgan fingerprint density at radius 1 is 0.936 bits per heavy atom. The largest absolute Gasteiger partial charge is 0.299 e. The van der Waals surface area contributed by atoms with Crippen molar-refractivity contribution in [3.63, 3.8) is 0 Å². The Hall–Kier alpha value is -3.89. The fraction of sp³-hybridized carbons (Fsp3) is 0.413. The fourth-order valence-electron chi connectivity index (χ4n) is 8.70. The van der Waals surface area contributed by atoms with E-state index in [4.69, 9.17) is 6.42 Å². The molecule has 4 atom stereocenters. The van der Waals surface area contributed by atoms with Crippen molar-refractivity contribution < 1.29 is 4.79 Å². The molecule has 0 N–H and O–H groups in total. The molecule has 0 bridgehead atoms. The van der Waals surface area contributed by atoms with Crippen molar-refractivity contribution >= 4 is 11.4 Å². The van der Waals surface area contributed by atoms with E-state index in [2.05, 4.69) is 111 Å². The number of Topliss-reactive ketones (excluding diaryl/α,β-unsaturated/α-hetero) is 1. The molecule has 2 fully saturated rings. The number of hydrogen-bond donors (Lipinski definition) is 0. The third-order valence-corrected chi connectivity index (χ3v) is 11.4. The average molecular weight is 621 g/mol. The highest BCUT2D eigenvalue weighted by Crippen LogP contribution is 2.43. The van der Waals surface area contributed by atoms with Crippen molar-refractivity contribution in [3.05, 3.63) is 137 Å². The molecule has 0 aromatic heterocycles.